The highest BCUT2D eigenvalue weighted by Gasteiger charge is 2.23. The molecular formula is C11H22OS. The van der Waals surface area contributed by atoms with Gasteiger partial charge >= 0.3 is 0 Å². The van der Waals surface area contributed by atoms with Gasteiger partial charge in [-0.2, -0.15) is 11.8 Å². The third kappa shape index (κ3) is 3.90. The molecule has 1 aliphatic carbocycles. The van der Waals surface area contributed by atoms with Crippen molar-refractivity contribution in [1.82, 2.24) is 0 Å². The van der Waals surface area contributed by atoms with Gasteiger partial charge in [0.1, 0.15) is 0 Å². The van der Waals surface area contributed by atoms with E-state index in [0.717, 1.165) is 23.3 Å². The van der Waals surface area contributed by atoms with Gasteiger partial charge in [-0.05, 0) is 30.9 Å². The summed E-state index contributed by atoms with van der Waals surface area (Å²) in [6, 6.07) is 0. The lowest BCUT2D eigenvalue weighted by Gasteiger charge is -2.30. The van der Waals surface area contributed by atoms with Crippen molar-refractivity contribution < 1.29 is 5.11 Å². The van der Waals surface area contributed by atoms with E-state index in [9.17, 15) is 0 Å². The molecule has 2 atom stereocenters. The summed E-state index contributed by atoms with van der Waals surface area (Å²) in [7, 11) is 0. The minimum atomic E-state index is 0.358. The molecule has 1 nitrogen and oxygen atoms in total. The second kappa shape index (κ2) is 6.72. The first-order valence-electron chi connectivity index (χ1n) is 5.61. The fraction of sp³-hybridized carbons (Fsp3) is 1.00. The number of aliphatic hydroxyl groups is 1. The third-order valence-electron chi connectivity index (χ3n) is 3.00. The first kappa shape index (κ1) is 11.4. The van der Waals surface area contributed by atoms with Crippen molar-refractivity contribution in [2.45, 2.75) is 50.7 Å². The van der Waals surface area contributed by atoms with E-state index in [-0.39, 0.29) is 0 Å². The SMILES string of the molecule is CCC1CCCCC1SCCCO. The quantitative estimate of drug-likeness (QED) is 0.691. The molecule has 78 valence electrons. The minimum absolute atomic E-state index is 0.358. The average molecular weight is 202 g/mol. The van der Waals surface area contributed by atoms with E-state index in [4.69, 9.17) is 5.11 Å². The van der Waals surface area contributed by atoms with Crippen molar-refractivity contribution in [3.63, 3.8) is 0 Å². The van der Waals surface area contributed by atoms with Gasteiger partial charge in [0.05, 0.1) is 0 Å². The van der Waals surface area contributed by atoms with Crippen molar-refractivity contribution in [3.05, 3.63) is 0 Å². The second-order valence-corrected chi connectivity index (χ2v) is 5.29. The molecule has 0 saturated heterocycles. The van der Waals surface area contributed by atoms with Crippen molar-refractivity contribution in [2.24, 2.45) is 5.92 Å². The van der Waals surface area contributed by atoms with Crippen molar-refractivity contribution >= 4 is 11.8 Å². The summed E-state index contributed by atoms with van der Waals surface area (Å²) >= 11 is 2.09. The molecule has 0 heterocycles. The van der Waals surface area contributed by atoms with Gasteiger partial charge in [0, 0.05) is 11.9 Å². The first-order chi connectivity index (χ1) is 6.38. The highest BCUT2D eigenvalue weighted by Crippen LogP contribution is 2.35. The van der Waals surface area contributed by atoms with Crippen LogP contribution in [0.3, 0.4) is 0 Å². The van der Waals surface area contributed by atoms with Gasteiger partial charge in [-0.3, -0.25) is 0 Å². The van der Waals surface area contributed by atoms with E-state index in [2.05, 4.69) is 18.7 Å². The molecule has 2 heteroatoms. The Balaban J connectivity index is 2.19. The van der Waals surface area contributed by atoms with Crippen LogP contribution in [0.5, 0.6) is 0 Å². The molecule has 0 aromatic carbocycles. The van der Waals surface area contributed by atoms with E-state index < -0.39 is 0 Å². The monoisotopic (exact) mass is 202 g/mol. The Bertz CT molecular complexity index is 127. The maximum absolute atomic E-state index is 8.71. The summed E-state index contributed by atoms with van der Waals surface area (Å²) in [5, 5.41) is 9.60. The van der Waals surface area contributed by atoms with E-state index in [1.165, 1.54) is 32.1 Å². The Hall–Kier alpha value is 0.310. The maximum atomic E-state index is 8.71. The molecule has 0 aliphatic heterocycles. The molecule has 1 saturated carbocycles. The smallest absolute Gasteiger partial charge is 0.0438 e. The van der Waals surface area contributed by atoms with Gasteiger partial charge < -0.3 is 5.11 Å². The van der Waals surface area contributed by atoms with Crippen molar-refractivity contribution in [3.8, 4) is 0 Å². The number of hydrogen-bond acceptors (Lipinski definition) is 2. The van der Waals surface area contributed by atoms with Crippen LogP contribution in [0.1, 0.15) is 45.4 Å². The Kier molecular flexibility index (Phi) is 5.88. The molecule has 1 N–H and O–H groups in total. The van der Waals surface area contributed by atoms with E-state index >= 15 is 0 Å². The molecule has 0 radical (unpaired) electrons. The van der Waals surface area contributed by atoms with Crippen LogP contribution in [0.4, 0.5) is 0 Å². The molecule has 0 bridgehead atoms. The fourth-order valence-corrected chi connectivity index (χ4v) is 3.69. The van der Waals surface area contributed by atoms with Crippen molar-refractivity contribution in [1.29, 1.82) is 0 Å². The zero-order chi connectivity index (χ0) is 9.52. The zero-order valence-corrected chi connectivity index (χ0v) is 9.48. The molecule has 1 aliphatic rings. The predicted molar refractivity (Wildman–Crippen MR) is 60.2 cm³/mol. The van der Waals surface area contributed by atoms with Crippen LogP contribution < -0.4 is 0 Å². The maximum Gasteiger partial charge on any atom is 0.0438 e. The van der Waals surface area contributed by atoms with Crippen LogP contribution in [0.2, 0.25) is 0 Å². The van der Waals surface area contributed by atoms with Gasteiger partial charge in [-0.25, -0.2) is 0 Å². The normalized spacial score (nSPS) is 29.1. The number of thioether (sulfide) groups is 1. The highest BCUT2D eigenvalue weighted by atomic mass is 32.2. The van der Waals surface area contributed by atoms with Gasteiger partial charge in [-0.15, -0.1) is 0 Å². The lowest BCUT2D eigenvalue weighted by molar-refractivity contribution is 0.296. The molecule has 2 unspecified atom stereocenters. The van der Waals surface area contributed by atoms with E-state index in [1.54, 1.807) is 0 Å². The second-order valence-electron chi connectivity index (χ2n) is 3.94. The molecule has 1 fully saturated rings. The zero-order valence-electron chi connectivity index (χ0n) is 8.67. The number of rotatable bonds is 5. The fourth-order valence-electron chi connectivity index (χ4n) is 2.16. The lowest BCUT2D eigenvalue weighted by Crippen LogP contribution is -2.21. The molecule has 0 amide bonds. The molecule has 0 spiro atoms. The van der Waals surface area contributed by atoms with Crippen LogP contribution >= 0.6 is 11.8 Å². The summed E-state index contributed by atoms with van der Waals surface area (Å²) in [4.78, 5) is 0. The molecule has 0 aromatic heterocycles. The van der Waals surface area contributed by atoms with Crippen molar-refractivity contribution in [2.75, 3.05) is 12.4 Å². The molecule has 13 heavy (non-hydrogen) atoms. The summed E-state index contributed by atoms with van der Waals surface area (Å²) in [5.41, 5.74) is 0. The Morgan fingerprint density at radius 2 is 2.08 bits per heavy atom. The number of hydrogen-bond donors (Lipinski definition) is 1. The van der Waals surface area contributed by atoms with Gasteiger partial charge in [0.2, 0.25) is 0 Å². The van der Waals surface area contributed by atoms with Crippen LogP contribution in [-0.4, -0.2) is 22.7 Å². The Morgan fingerprint density at radius 1 is 1.31 bits per heavy atom. The molecular weight excluding hydrogens is 180 g/mol. The van der Waals surface area contributed by atoms with E-state index in [1.807, 2.05) is 0 Å². The van der Waals surface area contributed by atoms with Crippen LogP contribution in [-0.2, 0) is 0 Å². The summed E-state index contributed by atoms with van der Waals surface area (Å²) < 4.78 is 0. The van der Waals surface area contributed by atoms with Crippen LogP contribution in [0.15, 0.2) is 0 Å². The summed E-state index contributed by atoms with van der Waals surface area (Å²) in [6.45, 7) is 2.67. The Morgan fingerprint density at radius 3 is 2.77 bits per heavy atom. The van der Waals surface area contributed by atoms with Crippen LogP contribution in [0, 0.1) is 5.92 Å². The third-order valence-corrected chi connectivity index (χ3v) is 4.57. The largest absolute Gasteiger partial charge is 0.396 e. The Labute approximate surface area is 86.3 Å². The standard InChI is InChI=1S/C11H22OS/c1-2-10-6-3-4-7-11(10)13-9-5-8-12/h10-12H,2-9H2,1H3. The lowest BCUT2D eigenvalue weighted by atomic mass is 9.87. The van der Waals surface area contributed by atoms with Gasteiger partial charge in [0.25, 0.3) is 0 Å². The molecule has 1 rings (SSSR count). The minimum Gasteiger partial charge on any atom is -0.396 e. The van der Waals surface area contributed by atoms with Gasteiger partial charge in [-0.1, -0.05) is 26.2 Å². The first-order valence-corrected chi connectivity index (χ1v) is 6.65. The van der Waals surface area contributed by atoms with Crippen LogP contribution in [0.25, 0.3) is 0 Å². The predicted octanol–water partition coefficient (Wildman–Crippen LogP) is 3.07. The average Bonchev–Trinajstić information content (AvgIpc) is 2.19. The topological polar surface area (TPSA) is 20.2 Å². The van der Waals surface area contributed by atoms with Gasteiger partial charge in [0.15, 0.2) is 0 Å². The summed E-state index contributed by atoms with van der Waals surface area (Å²) in [6.07, 6.45) is 8.03. The highest BCUT2D eigenvalue weighted by molar-refractivity contribution is 7.99. The number of aliphatic hydroxyl groups excluding tert-OH is 1. The molecule has 0 aromatic rings. The summed E-state index contributed by atoms with van der Waals surface area (Å²) in [5.74, 6) is 2.11. The van der Waals surface area contributed by atoms with E-state index in [0.29, 0.717) is 6.61 Å².